The van der Waals surface area contributed by atoms with Gasteiger partial charge in [-0.05, 0) is 75.6 Å². The molecule has 0 aliphatic rings. The molecule has 8 nitrogen and oxygen atoms in total. The van der Waals surface area contributed by atoms with Gasteiger partial charge >= 0.3 is 0 Å². The maximum Gasteiger partial charge on any atom is 0.259 e. The first kappa shape index (κ1) is 28.1. The van der Waals surface area contributed by atoms with Crippen molar-refractivity contribution in [3.05, 3.63) is 145 Å². The lowest BCUT2D eigenvalue weighted by molar-refractivity contribution is 0.101. The molecule has 2 heterocycles. The van der Waals surface area contributed by atoms with Crippen LogP contribution in [0.15, 0.2) is 134 Å². The van der Waals surface area contributed by atoms with Crippen LogP contribution >= 0.6 is 0 Å². The van der Waals surface area contributed by atoms with Crippen molar-refractivity contribution in [3.8, 4) is 11.5 Å². The van der Waals surface area contributed by atoms with Crippen molar-refractivity contribution in [1.29, 1.82) is 0 Å². The summed E-state index contributed by atoms with van der Waals surface area (Å²) in [4.78, 5) is 34.7. The number of hydrogen-bond acceptors (Lipinski definition) is 6. The molecule has 2 aromatic heterocycles. The summed E-state index contributed by atoms with van der Waals surface area (Å²) < 4.78 is 12.3. The van der Waals surface area contributed by atoms with E-state index in [2.05, 4.69) is 27.2 Å². The molecule has 44 heavy (non-hydrogen) atoms. The molecule has 2 N–H and O–H groups in total. The molecule has 0 radical (unpaired) electrons. The van der Waals surface area contributed by atoms with Gasteiger partial charge in [0.15, 0.2) is 0 Å². The average molecular weight is 581 g/mol. The molecule has 6 aromatic rings. The molecule has 0 fully saturated rings. The van der Waals surface area contributed by atoms with Gasteiger partial charge in [0.25, 0.3) is 11.8 Å². The van der Waals surface area contributed by atoms with E-state index in [1.54, 1.807) is 61.2 Å². The van der Waals surface area contributed by atoms with Crippen molar-refractivity contribution in [2.24, 2.45) is 0 Å². The maximum atomic E-state index is 13.3. The van der Waals surface area contributed by atoms with Crippen LogP contribution in [-0.4, -0.2) is 35.0 Å². The van der Waals surface area contributed by atoms with Crippen LogP contribution in [0.4, 0.5) is 11.4 Å². The number of ether oxygens (including phenoxy) is 2. The topological polar surface area (TPSA) is 102 Å². The highest BCUT2D eigenvalue weighted by Crippen LogP contribution is 2.29. The van der Waals surface area contributed by atoms with E-state index in [0.717, 1.165) is 21.5 Å². The number of benzene rings is 4. The quantitative estimate of drug-likeness (QED) is 0.165. The van der Waals surface area contributed by atoms with E-state index in [1.165, 1.54) is 0 Å². The first-order chi connectivity index (χ1) is 21.5. The zero-order chi connectivity index (χ0) is 30.3. The summed E-state index contributed by atoms with van der Waals surface area (Å²) in [6, 6.07) is 29.8. The second-order valence-electron chi connectivity index (χ2n) is 10.1. The minimum absolute atomic E-state index is 0.0936. The zero-order valence-electron chi connectivity index (χ0n) is 23.7. The number of fused-ring (bicyclic) bond motifs is 2. The van der Waals surface area contributed by atoms with Gasteiger partial charge in [0.05, 0.1) is 34.9 Å². The molecule has 0 saturated carbocycles. The van der Waals surface area contributed by atoms with Gasteiger partial charge < -0.3 is 20.1 Å². The summed E-state index contributed by atoms with van der Waals surface area (Å²) in [5, 5.41) is 9.44. The molecule has 0 unspecified atom stereocenters. The molecule has 8 heteroatoms. The normalized spacial score (nSPS) is 10.7. The second kappa shape index (κ2) is 12.9. The molecule has 4 aromatic carbocycles. The predicted molar refractivity (Wildman–Crippen MR) is 172 cm³/mol. The minimum atomic E-state index is -0.318. The van der Waals surface area contributed by atoms with Crippen LogP contribution in [0.25, 0.3) is 21.5 Å². The molecule has 2 amide bonds. The number of anilines is 2. The Bertz CT molecular complexity index is 1830. The van der Waals surface area contributed by atoms with Crippen molar-refractivity contribution in [3.63, 3.8) is 0 Å². The second-order valence-corrected chi connectivity index (χ2v) is 10.1. The largest absolute Gasteiger partial charge is 0.488 e. The van der Waals surface area contributed by atoms with Crippen LogP contribution in [0.5, 0.6) is 11.5 Å². The average Bonchev–Trinajstić information content (AvgIpc) is 3.06. The Labute approximate surface area is 254 Å². The lowest BCUT2D eigenvalue weighted by atomic mass is 10.0. The monoisotopic (exact) mass is 580 g/mol. The maximum absolute atomic E-state index is 13.3. The Morgan fingerprint density at radius 1 is 0.591 bits per heavy atom. The fraction of sp³-hybridized carbons (Fsp3) is 0.0556. The summed E-state index contributed by atoms with van der Waals surface area (Å²) in [7, 11) is 0. The van der Waals surface area contributed by atoms with E-state index in [1.807, 2.05) is 60.7 Å². The van der Waals surface area contributed by atoms with E-state index >= 15 is 0 Å². The summed E-state index contributed by atoms with van der Waals surface area (Å²) in [5.41, 5.74) is 2.53. The molecule has 0 spiro atoms. The first-order valence-electron chi connectivity index (χ1n) is 13.9. The number of pyridine rings is 2. The molecule has 0 bridgehead atoms. The highest BCUT2D eigenvalue weighted by molar-refractivity contribution is 6.09. The Morgan fingerprint density at radius 2 is 1.00 bits per heavy atom. The predicted octanol–water partition coefficient (Wildman–Crippen LogP) is 7.30. The number of rotatable bonds is 10. The van der Waals surface area contributed by atoms with E-state index in [4.69, 9.17) is 9.47 Å². The van der Waals surface area contributed by atoms with Crippen LogP contribution in [0, 0.1) is 0 Å². The number of amides is 2. The number of carbonyl (C=O) groups is 2. The third-order valence-electron chi connectivity index (χ3n) is 6.89. The van der Waals surface area contributed by atoms with Crippen LogP contribution < -0.4 is 20.1 Å². The molecule has 6 rings (SSSR count). The van der Waals surface area contributed by atoms with Crippen molar-refractivity contribution in [1.82, 2.24) is 9.97 Å². The van der Waals surface area contributed by atoms with Gasteiger partial charge in [-0.25, -0.2) is 0 Å². The Balaban J connectivity index is 1.19. The van der Waals surface area contributed by atoms with Crippen molar-refractivity contribution >= 4 is 44.7 Å². The number of carbonyl (C=O) groups excluding carboxylic acids is 2. The van der Waals surface area contributed by atoms with Gasteiger partial charge in [-0.1, -0.05) is 55.1 Å². The molecule has 0 aliphatic carbocycles. The Kier molecular flexibility index (Phi) is 8.23. The summed E-state index contributed by atoms with van der Waals surface area (Å²) in [6.45, 7) is 4.31. The van der Waals surface area contributed by atoms with E-state index in [-0.39, 0.29) is 25.0 Å². The van der Waals surface area contributed by atoms with Crippen LogP contribution in [-0.2, 0) is 0 Å². The zero-order valence-corrected chi connectivity index (χ0v) is 23.7. The van der Waals surface area contributed by atoms with Crippen LogP contribution in [0.3, 0.4) is 0 Å². The highest BCUT2D eigenvalue weighted by atomic mass is 16.5. The molecular weight excluding hydrogens is 552 g/mol. The van der Waals surface area contributed by atoms with Gasteiger partial charge in [-0.2, -0.15) is 0 Å². The van der Waals surface area contributed by atoms with Gasteiger partial charge in [0, 0.05) is 12.4 Å². The van der Waals surface area contributed by atoms with E-state index in [9.17, 15) is 9.59 Å². The Hall–Kier alpha value is -6.02. The van der Waals surface area contributed by atoms with Gasteiger partial charge in [-0.15, -0.1) is 0 Å². The number of aromatic nitrogens is 2. The molecule has 0 saturated heterocycles. The molecule has 0 atom stereocenters. The standard InChI is InChI=1S/C36H28N4O4/c1-24(22-43-33-18-27-10-4-2-8-25(27)16-31(33)35(41)39-29-12-6-14-37-20-29)23-44-34-19-28-11-5-3-9-26(28)17-32(34)36(42)40-30-13-7-15-38-21-30/h2-21H,1,22-23H2,(H,39,41)(H,40,42). The SMILES string of the molecule is C=C(COc1cc2ccccc2cc1C(=O)Nc1cccnc1)COc1cc2ccccc2cc1C(=O)Nc1cccnc1. The van der Waals surface area contributed by atoms with Crippen molar-refractivity contribution in [2.45, 2.75) is 0 Å². The molecule has 0 aliphatic heterocycles. The van der Waals surface area contributed by atoms with E-state index < -0.39 is 0 Å². The Morgan fingerprint density at radius 3 is 1.39 bits per heavy atom. The fourth-order valence-corrected chi connectivity index (χ4v) is 4.70. The van der Waals surface area contributed by atoms with Crippen LogP contribution in [0.2, 0.25) is 0 Å². The summed E-state index contributed by atoms with van der Waals surface area (Å²) in [5.74, 6) is 0.184. The van der Waals surface area contributed by atoms with Crippen molar-refractivity contribution in [2.75, 3.05) is 23.8 Å². The van der Waals surface area contributed by atoms with Gasteiger partial charge in [0.2, 0.25) is 0 Å². The van der Waals surface area contributed by atoms with Gasteiger partial charge in [0.1, 0.15) is 24.7 Å². The number of hydrogen-bond donors (Lipinski definition) is 2. The summed E-state index contributed by atoms with van der Waals surface area (Å²) >= 11 is 0. The smallest absolute Gasteiger partial charge is 0.259 e. The third kappa shape index (κ3) is 6.55. The number of nitrogens with one attached hydrogen (secondary N) is 2. The molecule has 216 valence electrons. The minimum Gasteiger partial charge on any atom is -0.488 e. The van der Waals surface area contributed by atoms with Crippen molar-refractivity contribution < 1.29 is 19.1 Å². The first-order valence-corrected chi connectivity index (χ1v) is 13.9. The van der Waals surface area contributed by atoms with Gasteiger partial charge in [-0.3, -0.25) is 19.6 Å². The highest BCUT2D eigenvalue weighted by Gasteiger charge is 2.17. The van der Waals surface area contributed by atoms with E-state index in [0.29, 0.717) is 39.6 Å². The van der Waals surface area contributed by atoms with Crippen LogP contribution in [0.1, 0.15) is 20.7 Å². The lowest BCUT2D eigenvalue weighted by Crippen LogP contribution is -2.16. The lowest BCUT2D eigenvalue weighted by Gasteiger charge is -2.16. The fourth-order valence-electron chi connectivity index (χ4n) is 4.70. The molecular formula is C36H28N4O4. The summed E-state index contributed by atoms with van der Waals surface area (Å²) in [6.07, 6.45) is 6.44. The third-order valence-corrected chi connectivity index (χ3v) is 6.89. The number of nitrogens with zero attached hydrogens (tertiary/aromatic N) is 2.